The van der Waals surface area contributed by atoms with Gasteiger partial charge in [-0.3, -0.25) is 4.79 Å². The summed E-state index contributed by atoms with van der Waals surface area (Å²) in [6, 6.07) is 2.01. The fraction of sp³-hybridized carbons (Fsp3) is 0.500. The van der Waals surface area contributed by atoms with Crippen molar-refractivity contribution in [3.63, 3.8) is 0 Å². The molecule has 2 aromatic rings. The molecule has 0 fully saturated rings. The monoisotopic (exact) mass is 319 g/mol. The molecule has 0 radical (unpaired) electrons. The van der Waals surface area contributed by atoms with E-state index in [0.29, 0.717) is 32.1 Å². The Bertz CT molecular complexity index is 609. The first-order chi connectivity index (χ1) is 10.8. The van der Waals surface area contributed by atoms with Crippen LogP contribution in [0.4, 0.5) is 0 Å². The first kappa shape index (κ1) is 15.2. The van der Waals surface area contributed by atoms with E-state index >= 15 is 0 Å². The number of ether oxygens (including phenoxy) is 1. The van der Waals surface area contributed by atoms with E-state index in [-0.39, 0.29) is 5.91 Å². The summed E-state index contributed by atoms with van der Waals surface area (Å²) in [6.45, 7) is 5.55. The number of fused-ring (bicyclic) bond motifs is 1. The van der Waals surface area contributed by atoms with Crippen molar-refractivity contribution in [3.8, 4) is 0 Å². The van der Waals surface area contributed by atoms with Crippen molar-refractivity contribution in [3.05, 3.63) is 40.6 Å². The highest BCUT2D eigenvalue weighted by atomic mass is 32.1. The van der Waals surface area contributed by atoms with Crippen LogP contribution in [0, 0.1) is 5.92 Å². The van der Waals surface area contributed by atoms with Gasteiger partial charge in [-0.2, -0.15) is 11.3 Å². The molecule has 6 heteroatoms. The lowest BCUT2D eigenvalue weighted by atomic mass is 10.1. The van der Waals surface area contributed by atoms with Gasteiger partial charge in [0.25, 0.3) is 0 Å². The number of nitrogens with zero attached hydrogens (tertiary/aromatic N) is 3. The van der Waals surface area contributed by atoms with E-state index in [1.165, 1.54) is 0 Å². The Morgan fingerprint density at radius 1 is 1.50 bits per heavy atom. The topological polar surface area (TPSA) is 47.4 Å². The van der Waals surface area contributed by atoms with Crippen LogP contribution in [-0.2, 0) is 29.0 Å². The minimum Gasteiger partial charge on any atom is -0.381 e. The molecule has 0 unspecified atom stereocenters. The first-order valence-electron chi connectivity index (χ1n) is 7.63. The molecule has 0 spiro atoms. The fourth-order valence-electron chi connectivity index (χ4n) is 2.80. The van der Waals surface area contributed by atoms with Crippen molar-refractivity contribution in [1.82, 2.24) is 14.5 Å². The lowest BCUT2D eigenvalue weighted by Crippen LogP contribution is -2.36. The van der Waals surface area contributed by atoms with E-state index in [1.807, 2.05) is 34.8 Å². The number of hydrogen-bond acceptors (Lipinski definition) is 4. The zero-order valence-electron chi connectivity index (χ0n) is 12.8. The van der Waals surface area contributed by atoms with E-state index in [4.69, 9.17) is 4.74 Å². The second kappa shape index (κ2) is 7.07. The minimum atomic E-state index is 0.163. The molecular formula is C16H21N3O2S. The average Bonchev–Trinajstić information content (AvgIpc) is 3.13. The number of amides is 1. The van der Waals surface area contributed by atoms with Gasteiger partial charge in [-0.15, -0.1) is 0 Å². The van der Waals surface area contributed by atoms with E-state index in [9.17, 15) is 4.79 Å². The molecule has 0 aromatic carbocycles. The van der Waals surface area contributed by atoms with Gasteiger partial charge in [-0.05, 0) is 29.3 Å². The van der Waals surface area contributed by atoms with Crippen molar-refractivity contribution in [2.75, 3.05) is 19.8 Å². The third-order valence-electron chi connectivity index (χ3n) is 3.91. The summed E-state index contributed by atoms with van der Waals surface area (Å²) in [6.07, 6.45) is 4.26. The Balaban J connectivity index is 1.73. The van der Waals surface area contributed by atoms with Crippen molar-refractivity contribution >= 4 is 17.2 Å². The van der Waals surface area contributed by atoms with Gasteiger partial charge < -0.3 is 14.2 Å². The molecule has 22 heavy (non-hydrogen) atoms. The molecule has 118 valence electrons. The molecule has 0 aliphatic carbocycles. The number of rotatable bonds is 5. The number of aromatic nitrogens is 2. The standard InChI is InChI=1S/C16H21N3O2S/c1-2-21-11-14-8-18-5-4-17-15(18)10-19(9-14)16(20)7-13-3-6-22-12-13/h3-6,12,14H,2,7-11H2,1H3/t14-/m0/s1. The summed E-state index contributed by atoms with van der Waals surface area (Å²) < 4.78 is 7.72. The van der Waals surface area contributed by atoms with Crippen LogP contribution in [0.25, 0.3) is 0 Å². The van der Waals surface area contributed by atoms with Crippen LogP contribution in [0.15, 0.2) is 29.2 Å². The molecular weight excluding hydrogens is 298 g/mol. The maximum absolute atomic E-state index is 12.6. The predicted molar refractivity (Wildman–Crippen MR) is 85.7 cm³/mol. The summed E-state index contributed by atoms with van der Waals surface area (Å²) in [4.78, 5) is 18.9. The molecule has 3 heterocycles. The van der Waals surface area contributed by atoms with E-state index in [0.717, 1.165) is 24.5 Å². The highest BCUT2D eigenvalue weighted by Crippen LogP contribution is 2.18. The zero-order valence-corrected chi connectivity index (χ0v) is 13.6. The SMILES string of the molecule is CCOC[C@@H]1CN(C(=O)Cc2ccsc2)Cc2nccn2C1. The number of carbonyl (C=O) groups is 1. The van der Waals surface area contributed by atoms with Gasteiger partial charge in [0.2, 0.25) is 5.91 Å². The summed E-state index contributed by atoms with van der Waals surface area (Å²) in [5, 5.41) is 4.05. The molecule has 3 rings (SSSR count). The third-order valence-corrected chi connectivity index (χ3v) is 4.65. The second-order valence-corrected chi connectivity index (χ2v) is 6.38. The number of carbonyl (C=O) groups excluding carboxylic acids is 1. The highest BCUT2D eigenvalue weighted by molar-refractivity contribution is 7.07. The molecule has 0 saturated carbocycles. The van der Waals surface area contributed by atoms with Crippen LogP contribution < -0.4 is 0 Å². The Morgan fingerprint density at radius 3 is 3.18 bits per heavy atom. The van der Waals surface area contributed by atoms with Gasteiger partial charge in [0.1, 0.15) is 5.82 Å². The molecule has 2 aromatic heterocycles. The lowest BCUT2D eigenvalue weighted by Gasteiger charge is -2.24. The van der Waals surface area contributed by atoms with Crippen LogP contribution >= 0.6 is 11.3 Å². The molecule has 0 saturated heterocycles. The van der Waals surface area contributed by atoms with E-state index in [2.05, 4.69) is 9.55 Å². The molecule has 1 atom stereocenters. The van der Waals surface area contributed by atoms with Gasteiger partial charge in [0, 0.05) is 38.0 Å². The molecule has 1 amide bonds. The smallest absolute Gasteiger partial charge is 0.227 e. The molecule has 0 bridgehead atoms. The largest absolute Gasteiger partial charge is 0.381 e. The maximum Gasteiger partial charge on any atom is 0.227 e. The van der Waals surface area contributed by atoms with Gasteiger partial charge >= 0.3 is 0 Å². The van der Waals surface area contributed by atoms with Crippen LogP contribution in [0.2, 0.25) is 0 Å². The Hall–Kier alpha value is -1.66. The molecule has 1 aliphatic rings. The fourth-order valence-corrected chi connectivity index (χ4v) is 3.47. The van der Waals surface area contributed by atoms with Gasteiger partial charge in [-0.1, -0.05) is 0 Å². The molecule has 5 nitrogen and oxygen atoms in total. The Kier molecular flexibility index (Phi) is 4.90. The van der Waals surface area contributed by atoms with Crippen molar-refractivity contribution in [2.24, 2.45) is 5.92 Å². The quantitative estimate of drug-likeness (QED) is 0.849. The van der Waals surface area contributed by atoms with Crippen LogP contribution in [0.5, 0.6) is 0 Å². The van der Waals surface area contributed by atoms with Gasteiger partial charge in [0.05, 0.1) is 19.6 Å². The normalized spacial score (nSPS) is 18.0. The van der Waals surface area contributed by atoms with Crippen molar-refractivity contribution in [2.45, 2.75) is 26.4 Å². The third kappa shape index (κ3) is 3.56. The lowest BCUT2D eigenvalue weighted by molar-refractivity contribution is -0.131. The number of thiophene rings is 1. The molecule has 0 N–H and O–H groups in total. The summed E-state index contributed by atoms with van der Waals surface area (Å²) in [5.74, 6) is 1.43. The van der Waals surface area contributed by atoms with Gasteiger partial charge in [0.15, 0.2) is 0 Å². The zero-order chi connectivity index (χ0) is 15.4. The first-order valence-corrected chi connectivity index (χ1v) is 8.57. The second-order valence-electron chi connectivity index (χ2n) is 5.60. The number of hydrogen-bond donors (Lipinski definition) is 0. The van der Waals surface area contributed by atoms with Gasteiger partial charge in [-0.25, -0.2) is 4.98 Å². The van der Waals surface area contributed by atoms with E-state index < -0.39 is 0 Å². The van der Waals surface area contributed by atoms with Crippen LogP contribution in [0.3, 0.4) is 0 Å². The summed E-state index contributed by atoms with van der Waals surface area (Å²) in [5.41, 5.74) is 1.09. The molecule has 1 aliphatic heterocycles. The maximum atomic E-state index is 12.6. The Morgan fingerprint density at radius 2 is 2.41 bits per heavy atom. The minimum absolute atomic E-state index is 0.163. The summed E-state index contributed by atoms with van der Waals surface area (Å²) >= 11 is 1.63. The average molecular weight is 319 g/mol. The van der Waals surface area contributed by atoms with Crippen molar-refractivity contribution in [1.29, 1.82) is 0 Å². The predicted octanol–water partition coefficient (Wildman–Crippen LogP) is 2.18. The Labute approximate surface area is 134 Å². The number of imidazole rings is 1. The summed E-state index contributed by atoms with van der Waals surface area (Å²) in [7, 11) is 0. The van der Waals surface area contributed by atoms with Crippen LogP contribution in [0.1, 0.15) is 18.3 Å². The highest BCUT2D eigenvalue weighted by Gasteiger charge is 2.25. The van der Waals surface area contributed by atoms with E-state index in [1.54, 1.807) is 17.5 Å². The van der Waals surface area contributed by atoms with Crippen molar-refractivity contribution < 1.29 is 9.53 Å². The van der Waals surface area contributed by atoms with Crippen LogP contribution in [-0.4, -0.2) is 40.1 Å².